The molecule has 2 rings (SSSR count). The Morgan fingerprint density at radius 1 is 1.41 bits per heavy atom. The van der Waals surface area contributed by atoms with E-state index in [1.165, 1.54) is 10.4 Å². The van der Waals surface area contributed by atoms with E-state index in [9.17, 15) is 8.42 Å². The third kappa shape index (κ3) is 2.86. The maximum Gasteiger partial charge on any atom is 0.242 e. The summed E-state index contributed by atoms with van der Waals surface area (Å²) < 4.78 is 25.8. The summed E-state index contributed by atoms with van der Waals surface area (Å²) in [5.74, 6) is 0.524. The standard InChI is InChI=1S/C12H17NO3S/c1-13(8-10-5-6-10)17(15,16)12-4-2-3-11(7-12)9-14/h2-4,7,10,14H,5-6,8-9H2,1H3. The van der Waals surface area contributed by atoms with Crippen molar-refractivity contribution in [2.24, 2.45) is 5.92 Å². The zero-order valence-electron chi connectivity index (χ0n) is 9.83. The highest BCUT2D eigenvalue weighted by atomic mass is 32.2. The largest absolute Gasteiger partial charge is 0.392 e. The number of nitrogens with zero attached hydrogens (tertiary/aromatic N) is 1. The van der Waals surface area contributed by atoms with Crippen LogP contribution in [0.15, 0.2) is 29.2 Å². The normalized spacial score (nSPS) is 16.4. The second-order valence-electron chi connectivity index (χ2n) is 4.53. The summed E-state index contributed by atoms with van der Waals surface area (Å²) in [5.41, 5.74) is 0.617. The van der Waals surface area contributed by atoms with Crippen LogP contribution in [0.5, 0.6) is 0 Å². The second kappa shape index (κ2) is 4.76. The molecule has 1 saturated carbocycles. The fourth-order valence-corrected chi connectivity index (χ4v) is 3.06. The molecular weight excluding hydrogens is 238 g/mol. The van der Waals surface area contributed by atoms with E-state index in [1.54, 1.807) is 25.2 Å². The van der Waals surface area contributed by atoms with Gasteiger partial charge in [-0.05, 0) is 36.5 Å². The molecule has 17 heavy (non-hydrogen) atoms. The Morgan fingerprint density at radius 2 is 2.12 bits per heavy atom. The highest BCUT2D eigenvalue weighted by Crippen LogP contribution is 2.31. The van der Waals surface area contributed by atoms with Gasteiger partial charge in [0.25, 0.3) is 0 Å². The van der Waals surface area contributed by atoms with E-state index in [-0.39, 0.29) is 11.5 Å². The van der Waals surface area contributed by atoms with E-state index < -0.39 is 10.0 Å². The Kier molecular flexibility index (Phi) is 3.51. The molecule has 0 radical (unpaired) electrons. The molecular formula is C12H17NO3S. The van der Waals surface area contributed by atoms with Gasteiger partial charge in [0.05, 0.1) is 11.5 Å². The average molecular weight is 255 g/mol. The number of hydrogen-bond donors (Lipinski definition) is 1. The fourth-order valence-electron chi connectivity index (χ4n) is 1.75. The third-order valence-corrected chi connectivity index (χ3v) is 4.82. The Morgan fingerprint density at radius 3 is 2.71 bits per heavy atom. The van der Waals surface area contributed by atoms with E-state index >= 15 is 0 Å². The third-order valence-electron chi connectivity index (χ3n) is 3.00. The van der Waals surface area contributed by atoms with Crippen LogP contribution in [-0.4, -0.2) is 31.4 Å². The summed E-state index contributed by atoms with van der Waals surface area (Å²) in [6.07, 6.45) is 2.24. The van der Waals surface area contributed by atoms with E-state index in [4.69, 9.17) is 5.11 Å². The van der Waals surface area contributed by atoms with Gasteiger partial charge in [-0.1, -0.05) is 12.1 Å². The molecule has 94 valence electrons. The highest BCUT2D eigenvalue weighted by Gasteiger charge is 2.29. The average Bonchev–Trinajstić information content (AvgIpc) is 3.13. The number of benzene rings is 1. The first-order valence-corrected chi connectivity index (χ1v) is 7.14. The Balaban J connectivity index is 2.22. The molecule has 0 bridgehead atoms. The van der Waals surface area contributed by atoms with Gasteiger partial charge in [0.15, 0.2) is 0 Å². The van der Waals surface area contributed by atoms with Gasteiger partial charge in [-0.25, -0.2) is 12.7 Å². The minimum Gasteiger partial charge on any atom is -0.392 e. The van der Waals surface area contributed by atoms with Crippen LogP contribution in [0.25, 0.3) is 0 Å². The molecule has 0 atom stereocenters. The molecule has 1 aromatic rings. The van der Waals surface area contributed by atoms with Gasteiger partial charge in [0, 0.05) is 13.6 Å². The van der Waals surface area contributed by atoms with Crippen molar-refractivity contribution >= 4 is 10.0 Å². The zero-order chi connectivity index (χ0) is 12.5. The topological polar surface area (TPSA) is 57.6 Å². The van der Waals surface area contributed by atoms with Gasteiger partial charge in [0.1, 0.15) is 0 Å². The van der Waals surface area contributed by atoms with Crippen LogP contribution in [0.3, 0.4) is 0 Å². The zero-order valence-corrected chi connectivity index (χ0v) is 10.7. The van der Waals surface area contributed by atoms with E-state index in [1.807, 2.05) is 0 Å². The Labute approximate surface area is 102 Å². The van der Waals surface area contributed by atoms with E-state index in [2.05, 4.69) is 0 Å². The molecule has 1 aromatic carbocycles. The number of hydrogen-bond acceptors (Lipinski definition) is 3. The molecule has 0 heterocycles. The number of rotatable bonds is 5. The molecule has 5 heteroatoms. The van der Waals surface area contributed by atoms with Crippen molar-refractivity contribution in [2.75, 3.05) is 13.6 Å². The summed E-state index contributed by atoms with van der Waals surface area (Å²) >= 11 is 0. The molecule has 0 aromatic heterocycles. The first-order chi connectivity index (χ1) is 8.04. The maximum absolute atomic E-state index is 12.2. The molecule has 1 aliphatic rings. The van der Waals surface area contributed by atoms with Gasteiger partial charge in [-0.2, -0.15) is 0 Å². The first kappa shape index (κ1) is 12.5. The maximum atomic E-state index is 12.2. The van der Waals surface area contributed by atoms with Crippen molar-refractivity contribution in [3.05, 3.63) is 29.8 Å². The molecule has 1 N–H and O–H groups in total. The van der Waals surface area contributed by atoms with Crippen LogP contribution >= 0.6 is 0 Å². The van der Waals surface area contributed by atoms with Crippen LogP contribution in [0, 0.1) is 5.92 Å². The molecule has 0 aliphatic heterocycles. The molecule has 0 spiro atoms. The van der Waals surface area contributed by atoms with Gasteiger partial charge in [-0.15, -0.1) is 0 Å². The van der Waals surface area contributed by atoms with Gasteiger partial charge in [-0.3, -0.25) is 0 Å². The number of aliphatic hydroxyl groups is 1. The van der Waals surface area contributed by atoms with Crippen molar-refractivity contribution < 1.29 is 13.5 Å². The smallest absolute Gasteiger partial charge is 0.242 e. The molecule has 1 aliphatic carbocycles. The van der Waals surface area contributed by atoms with E-state index in [0.29, 0.717) is 18.0 Å². The lowest BCUT2D eigenvalue weighted by molar-refractivity contribution is 0.281. The predicted molar refractivity (Wildman–Crippen MR) is 64.9 cm³/mol. The van der Waals surface area contributed by atoms with Gasteiger partial charge < -0.3 is 5.11 Å². The van der Waals surface area contributed by atoms with Crippen molar-refractivity contribution in [1.29, 1.82) is 0 Å². The van der Waals surface area contributed by atoms with Crippen molar-refractivity contribution in [1.82, 2.24) is 4.31 Å². The molecule has 0 unspecified atom stereocenters. The SMILES string of the molecule is CN(CC1CC1)S(=O)(=O)c1cccc(CO)c1. The molecule has 0 saturated heterocycles. The van der Waals surface area contributed by atoms with Crippen LogP contribution in [0.1, 0.15) is 18.4 Å². The predicted octanol–water partition coefficient (Wildman–Crippen LogP) is 1.21. The number of sulfonamides is 1. The summed E-state index contributed by atoms with van der Waals surface area (Å²) in [6.45, 7) is 0.446. The summed E-state index contributed by atoms with van der Waals surface area (Å²) in [7, 11) is -1.79. The van der Waals surface area contributed by atoms with Gasteiger partial charge in [0.2, 0.25) is 10.0 Å². The Hall–Kier alpha value is -0.910. The Bertz CT molecular complexity index is 494. The highest BCUT2D eigenvalue weighted by molar-refractivity contribution is 7.89. The van der Waals surface area contributed by atoms with Crippen LogP contribution in [0.4, 0.5) is 0 Å². The number of aliphatic hydroxyl groups excluding tert-OH is 1. The quantitative estimate of drug-likeness (QED) is 0.860. The summed E-state index contributed by atoms with van der Waals surface area (Å²) in [6, 6.07) is 6.46. The lowest BCUT2D eigenvalue weighted by Crippen LogP contribution is -2.29. The van der Waals surface area contributed by atoms with Crippen LogP contribution < -0.4 is 0 Å². The van der Waals surface area contributed by atoms with Crippen molar-refractivity contribution in [2.45, 2.75) is 24.3 Å². The monoisotopic (exact) mass is 255 g/mol. The van der Waals surface area contributed by atoms with Crippen molar-refractivity contribution in [3.63, 3.8) is 0 Å². The minimum absolute atomic E-state index is 0.143. The van der Waals surface area contributed by atoms with Crippen LogP contribution in [0.2, 0.25) is 0 Å². The lowest BCUT2D eigenvalue weighted by Gasteiger charge is -2.17. The second-order valence-corrected chi connectivity index (χ2v) is 6.58. The fraction of sp³-hybridized carbons (Fsp3) is 0.500. The molecule has 4 nitrogen and oxygen atoms in total. The van der Waals surface area contributed by atoms with E-state index in [0.717, 1.165) is 12.8 Å². The summed E-state index contributed by atoms with van der Waals surface area (Å²) in [5, 5.41) is 9.01. The van der Waals surface area contributed by atoms with Crippen molar-refractivity contribution in [3.8, 4) is 0 Å². The molecule has 1 fully saturated rings. The first-order valence-electron chi connectivity index (χ1n) is 5.70. The molecule has 0 amide bonds. The lowest BCUT2D eigenvalue weighted by atomic mass is 10.2. The summed E-state index contributed by atoms with van der Waals surface area (Å²) in [4.78, 5) is 0.257. The minimum atomic E-state index is -3.40. The van der Waals surface area contributed by atoms with Crippen LogP contribution in [-0.2, 0) is 16.6 Å². The van der Waals surface area contributed by atoms with Gasteiger partial charge >= 0.3 is 0 Å².